The zero-order valence-corrected chi connectivity index (χ0v) is 16.2. The molecule has 4 rings (SSSR count). The zero-order chi connectivity index (χ0) is 18.6. The molecule has 5 nitrogen and oxygen atoms in total. The van der Waals surface area contributed by atoms with Gasteiger partial charge in [0.2, 0.25) is 17.6 Å². The van der Waals surface area contributed by atoms with Gasteiger partial charge >= 0.3 is 0 Å². The summed E-state index contributed by atoms with van der Waals surface area (Å²) < 4.78 is 5.25. The van der Waals surface area contributed by atoms with Crippen LogP contribution >= 0.6 is 11.3 Å². The summed E-state index contributed by atoms with van der Waals surface area (Å²) in [4.78, 5) is 16.7. The molecule has 2 heterocycles. The van der Waals surface area contributed by atoms with Crippen molar-refractivity contribution >= 4 is 17.2 Å². The number of hydrogen-bond donors (Lipinski definition) is 1. The highest BCUT2D eigenvalue weighted by molar-refractivity contribution is 7.08. The Morgan fingerprint density at radius 3 is 2.93 bits per heavy atom. The molecule has 140 valence electrons. The number of nitrogens with one attached hydrogen (secondary N) is 1. The van der Waals surface area contributed by atoms with E-state index in [9.17, 15) is 4.79 Å². The summed E-state index contributed by atoms with van der Waals surface area (Å²) in [5.74, 6) is 1.07. The second-order valence-corrected chi connectivity index (χ2v) is 7.83. The quantitative estimate of drug-likeness (QED) is 0.683. The second kappa shape index (κ2) is 8.05. The van der Waals surface area contributed by atoms with Crippen molar-refractivity contribution in [3.8, 4) is 11.4 Å². The molecular weight excluding hydrogens is 358 g/mol. The standard InChI is InChI=1S/C21H23N3O2S/c1-14(16-7-6-15-4-2-3-5-17(15)12-16)22-19(25)8-9-20-23-21(24-26-20)18-10-11-27-13-18/h6-7,10-14H,2-5,8-9H2,1H3,(H,22,25). The Morgan fingerprint density at radius 2 is 2.11 bits per heavy atom. The van der Waals surface area contributed by atoms with E-state index in [4.69, 9.17) is 4.52 Å². The third-order valence-corrected chi connectivity index (χ3v) is 5.75. The van der Waals surface area contributed by atoms with Gasteiger partial charge in [-0.3, -0.25) is 4.79 Å². The summed E-state index contributed by atoms with van der Waals surface area (Å²) in [5, 5.41) is 11.0. The van der Waals surface area contributed by atoms with Crippen LogP contribution in [0.4, 0.5) is 0 Å². The summed E-state index contributed by atoms with van der Waals surface area (Å²) in [6.45, 7) is 2.03. The molecule has 27 heavy (non-hydrogen) atoms. The molecule has 1 aliphatic carbocycles. The van der Waals surface area contributed by atoms with E-state index in [1.807, 2.05) is 23.8 Å². The first-order chi connectivity index (χ1) is 13.2. The maximum Gasteiger partial charge on any atom is 0.227 e. The average Bonchev–Trinajstić information content (AvgIpc) is 3.37. The number of rotatable bonds is 6. The van der Waals surface area contributed by atoms with Crippen molar-refractivity contribution < 1.29 is 9.32 Å². The van der Waals surface area contributed by atoms with Gasteiger partial charge in [0.05, 0.1) is 6.04 Å². The fourth-order valence-corrected chi connectivity index (χ4v) is 4.14. The van der Waals surface area contributed by atoms with E-state index >= 15 is 0 Å². The minimum Gasteiger partial charge on any atom is -0.350 e. The molecule has 3 aromatic rings. The first-order valence-electron chi connectivity index (χ1n) is 9.45. The van der Waals surface area contributed by atoms with E-state index in [0.717, 1.165) is 12.0 Å². The predicted molar refractivity (Wildman–Crippen MR) is 106 cm³/mol. The smallest absolute Gasteiger partial charge is 0.227 e. The van der Waals surface area contributed by atoms with Crippen LogP contribution in [-0.4, -0.2) is 16.0 Å². The van der Waals surface area contributed by atoms with Crippen molar-refractivity contribution in [2.24, 2.45) is 0 Å². The summed E-state index contributed by atoms with van der Waals surface area (Å²) in [6, 6.07) is 8.56. The summed E-state index contributed by atoms with van der Waals surface area (Å²) >= 11 is 1.59. The van der Waals surface area contributed by atoms with Crippen LogP contribution in [0.2, 0.25) is 0 Å². The van der Waals surface area contributed by atoms with E-state index in [1.165, 1.54) is 36.0 Å². The molecular formula is C21H23N3O2S. The minimum atomic E-state index is -0.00576. The van der Waals surface area contributed by atoms with Crippen molar-refractivity contribution in [1.82, 2.24) is 15.5 Å². The van der Waals surface area contributed by atoms with Gasteiger partial charge in [-0.15, -0.1) is 0 Å². The van der Waals surface area contributed by atoms with Gasteiger partial charge in [-0.05, 0) is 60.7 Å². The molecule has 1 aliphatic rings. The Morgan fingerprint density at radius 1 is 1.26 bits per heavy atom. The molecule has 1 atom stereocenters. The fourth-order valence-electron chi connectivity index (χ4n) is 3.51. The van der Waals surface area contributed by atoms with E-state index in [0.29, 0.717) is 24.6 Å². The number of fused-ring (bicyclic) bond motifs is 1. The number of benzene rings is 1. The highest BCUT2D eigenvalue weighted by Gasteiger charge is 2.15. The van der Waals surface area contributed by atoms with Crippen molar-refractivity contribution in [2.75, 3.05) is 0 Å². The summed E-state index contributed by atoms with van der Waals surface area (Å²) in [7, 11) is 0. The van der Waals surface area contributed by atoms with Gasteiger partial charge in [0.1, 0.15) is 0 Å². The molecule has 1 unspecified atom stereocenters. The van der Waals surface area contributed by atoms with Gasteiger partial charge in [0.25, 0.3) is 0 Å². The normalized spacial score (nSPS) is 14.6. The van der Waals surface area contributed by atoms with Crippen LogP contribution in [0.25, 0.3) is 11.4 Å². The summed E-state index contributed by atoms with van der Waals surface area (Å²) in [5.41, 5.74) is 5.01. The lowest BCUT2D eigenvalue weighted by Crippen LogP contribution is -2.27. The van der Waals surface area contributed by atoms with Crippen molar-refractivity contribution in [2.45, 2.75) is 51.5 Å². The molecule has 0 bridgehead atoms. The van der Waals surface area contributed by atoms with Crippen LogP contribution in [-0.2, 0) is 24.1 Å². The lowest BCUT2D eigenvalue weighted by Gasteiger charge is -2.20. The van der Waals surface area contributed by atoms with Gasteiger partial charge in [-0.2, -0.15) is 16.3 Å². The number of aryl methyl sites for hydroxylation is 3. The molecule has 2 aromatic heterocycles. The molecule has 0 saturated carbocycles. The molecule has 0 fully saturated rings. The first-order valence-corrected chi connectivity index (χ1v) is 10.4. The highest BCUT2D eigenvalue weighted by Crippen LogP contribution is 2.25. The van der Waals surface area contributed by atoms with Crippen LogP contribution in [0, 0.1) is 0 Å². The van der Waals surface area contributed by atoms with Crippen LogP contribution in [0.5, 0.6) is 0 Å². The van der Waals surface area contributed by atoms with Crippen LogP contribution in [0.15, 0.2) is 39.5 Å². The number of amides is 1. The molecule has 1 N–H and O–H groups in total. The molecule has 6 heteroatoms. The maximum absolute atomic E-state index is 12.3. The number of nitrogens with zero attached hydrogens (tertiary/aromatic N) is 2. The number of hydrogen-bond acceptors (Lipinski definition) is 5. The predicted octanol–water partition coefficient (Wildman–Crippen LogP) is 4.49. The SMILES string of the molecule is CC(NC(=O)CCc1nc(-c2ccsc2)no1)c1ccc2c(c1)CCCC2. The van der Waals surface area contributed by atoms with Crippen molar-refractivity contribution in [3.05, 3.63) is 57.6 Å². The average molecular weight is 382 g/mol. The van der Waals surface area contributed by atoms with Crippen LogP contribution in [0.1, 0.15) is 54.8 Å². The zero-order valence-electron chi connectivity index (χ0n) is 15.4. The molecule has 1 amide bonds. The first kappa shape index (κ1) is 17.9. The number of carbonyl (C=O) groups excluding carboxylic acids is 1. The largest absolute Gasteiger partial charge is 0.350 e. The third-order valence-electron chi connectivity index (χ3n) is 5.06. The van der Waals surface area contributed by atoms with Gasteiger partial charge in [0, 0.05) is 23.8 Å². The van der Waals surface area contributed by atoms with Crippen molar-refractivity contribution in [3.63, 3.8) is 0 Å². The Kier molecular flexibility index (Phi) is 5.34. The highest BCUT2D eigenvalue weighted by atomic mass is 32.1. The Balaban J connectivity index is 1.31. The number of thiophene rings is 1. The maximum atomic E-state index is 12.3. The number of aromatic nitrogens is 2. The molecule has 0 aliphatic heterocycles. The lowest BCUT2D eigenvalue weighted by molar-refractivity contribution is -0.121. The monoisotopic (exact) mass is 381 g/mol. The van der Waals surface area contributed by atoms with Gasteiger partial charge < -0.3 is 9.84 Å². The third kappa shape index (κ3) is 4.27. The van der Waals surface area contributed by atoms with Crippen molar-refractivity contribution in [1.29, 1.82) is 0 Å². The molecule has 0 spiro atoms. The van der Waals surface area contributed by atoms with Crippen LogP contribution < -0.4 is 5.32 Å². The second-order valence-electron chi connectivity index (χ2n) is 7.05. The molecule has 0 saturated heterocycles. The summed E-state index contributed by atoms with van der Waals surface area (Å²) in [6.07, 6.45) is 5.64. The van der Waals surface area contributed by atoms with E-state index in [-0.39, 0.29) is 11.9 Å². The Hall–Kier alpha value is -2.47. The lowest BCUT2D eigenvalue weighted by atomic mass is 9.89. The van der Waals surface area contributed by atoms with Gasteiger partial charge in [0.15, 0.2) is 0 Å². The van der Waals surface area contributed by atoms with E-state index in [2.05, 4.69) is 33.7 Å². The van der Waals surface area contributed by atoms with Crippen LogP contribution in [0.3, 0.4) is 0 Å². The van der Waals surface area contributed by atoms with Gasteiger partial charge in [-0.1, -0.05) is 23.4 Å². The number of carbonyl (C=O) groups is 1. The van der Waals surface area contributed by atoms with E-state index < -0.39 is 0 Å². The Bertz CT molecular complexity index is 917. The van der Waals surface area contributed by atoms with Gasteiger partial charge in [-0.25, -0.2) is 0 Å². The molecule has 0 radical (unpaired) electrons. The molecule has 1 aromatic carbocycles. The minimum absolute atomic E-state index is 0.00416. The van der Waals surface area contributed by atoms with E-state index in [1.54, 1.807) is 11.3 Å². The topological polar surface area (TPSA) is 68.0 Å². The Labute approximate surface area is 162 Å². The fraction of sp³-hybridized carbons (Fsp3) is 0.381.